The number of aryl methyl sites for hydroxylation is 1. The van der Waals surface area contributed by atoms with Gasteiger partial charge in [-0.3, -0.25) is 0 Å². The molecule has 80 valence electrons. The van der Waals surface area contributed by atoms with E-state index in [1.165, 1.54) is 0 Å². The van der Waals surface area contributed by atoms with Gasteiger partial charge in [-0.05, 0) is 18.6 Å². The Morgan fingerprint density at radius 2 is 2.40 bits per heavy atom. The van der Waals surface area contributed by atoms with Crippen LogP contribution in [-0.4, -0.2) is 21.5 Å². The SMILES string of the molecule is Cc1ccoc1-c1cc(N)n(CCO)n1. The number of nitrogens with two attached hydrogens (primary N) is 1. The average Bonchev–Trinajstić information content (AvgIpc) is 2.75. The van der Waals surface area contributed by atoms with E-state index >= 15 is 0 Å². The van der Waals surface area contributed by atoms with Crippen LogP contribution in [0.3, 0.4) is 0 Å². The lowest BCUT2D eigenvalue weighted by molar-refractivity contribution is 0.270. The summed E-state index contributed by atoms with van der Waals surface area (Å²) in [5.41, 5.74) is 7.45. The molecule has 0 atom stereocenters. The van der Waals surface area contributed by atoms with Crippen molar-refractivity contribution in [2.75, 3.05) is 12.3 Å². The van der Waals surface area contributed by atoms with E-state index in [1.807, 2.05) is 13.0 Å². The predicted molar refractivity (Wildman–Crippen MR) is 56.2 cm³/mol. The zero-order valence-corrected chi connectivity index (χ0v) is 8.47. The highest BCUT2D eigenvalue weighted by Gasteiger charge is 2.11. The van der Waals surface area contributed by atoms with Gasteiger partial charge < -0.3 is 15.3 Å². The summed E-state index contributed by atoms with van der Waals surface area (Å²) in [7, 11) is 0. The molecular weight excluding hydrogens is 194 g/mol. The fourth-order valence-electron chi connectivity index (χ4n) is 1.45. The molecule has 2 heterocycles. The quantitative estimate of drug-likeness (QED) is 0.787. The molecule has 0 saturated heterocycles. The molecule has 0 unspecified atom stereocenters. The largest absolute Gasteiger partial charge is 0.462 e. The summed E-state index contributed by atoms with van der Waals surface area (Å²) in [5.74, 6) is 1.24. The summed E-state index contributed by atoms with van der Waals surface area (Å²) in [6.07, 6.45) is 1.62. The van der Waals surface area contributed by atoms with E-state index in [0.29, 0.717) is 18.1 Å². The van der Waals surface area contributed by atoms with Crippen molar-refractivity contribution in [1.82, 2.24) is 9.78 Å². The summed E-state index contributed by atoms with van der Waals surface area (Å²) < 4.78 is 6.86. The Bertz CT molecular complexity index is 459. The van der Waals surface area contributed by atoms with E-state index in [0.717, 1.165) is 11.3 Å². The van der Waals surface area contributed by atoms with Gasteiger partial charge in [-0.15, -0.1) is 0 Å². The first-order chi connectivity index (χ1) is 7.22. The molecule has 0 spiro atoms. The van der Waals surface area contributed by atoms with E-state index in [4.69, 9.17) is 15.3 Å². The maximum atomic E-state index is 8.80. The van der Waals surface area contributed by atoms with E-state index in [2.05, 4.69) is 5.10 Å². The molecule has 0 saturated carbocycles. The molecule has 5 heteroatoms. The lowest BCUT2D eigenvalue weighted by atomic mass is 10.2. The van der Waals surface area contributed by atoms with Crippen molar-refractivity contribution in [1.29, 1.82) is 0 Å². The smallest absolute Gasteiger partial charge is 0.157 e. The molecule has 0 radical (unpaired) electrons. The lowest BCUT2D eigenvalue weighted by Gasteiger charge is -1.98. The number of nitrogen functional groups attached to an aromatic ring is 1. The van der Waals surface area contributed by atoms with Gasteiger partial charge >= 0.3 is 0 Å². The van der Waals surface area contributed by atoms with Gasteiger partial charge in [0.1, 0.15) is 11.5 Å². The van der Waals surface area contributed by atoms with Crippen LogP contribution >= 0.6 is 0 Å². The molecule has 0 aliphatic heterocycles. The Hall–Kier alpha value is -1.75. The van der Waals surface area contributed by atoms with Crippen molar-refractivity contribution < 1.29 is 9.52 Å². The molecule has 5 nitrogen and oxygen atoms in total. The van der Waals surface area contributed by atoms with E-state index in [-0.39, 0.29) is 6.61 Å². The molecule has 2 aromatic rings. The lowest BCUT2D eigenvalue weighted by Crippen LogP contribution is -2.07. The normalized spacial score (nSPS) is 10.8. The van der Waals surface area contributed by atoms with E-state index < -0.39 is 0 Å². The van der Waals surface area contributed by atoms with Crippen LogP contribution < -0.4 is 5.73 Å². The first kappa shape index (κ1) is 9.79. The Morgan fingerprint density at radius 1 is 1.60 bits per heavy atom. The highest BCUT2D eigenvalue weighted by atomic mass is 16.3. The molecule has 0 bridgehead atoms. The van der Waals surface area contributed by atoms with Gasteiger partial charge in [-0.1, -0.05) is 0 Å². The van der Waals surface area contributed by atoms with Gasteiger partial charge in [0.25, 0.3) is 0 Å². The Kier molecular flexibility index (Phi) is 2.47. The molecule has 0 fully saturated rings. The second kappa shape index (κ2) is 3.78. The van der Waals surface area contributed by atoms with Crippen molar-refractivity contribution in [3.8, 4) is 11.5 Å². The summed E-state index contributed by atoms with van der Waals surface area (Å²) in [4.78, 5) is 0. The number of aliphatic hydroxyl groups excluding tert-OH is 1. The Balaban J connectivity index is 2.38. The van der Waals surface area contributed by atoms with E-state index in [9.17, 15) is 0 Å². The number of furan rings is 1. The van der Waals surface area contributed by atoms with Crippen LogP contribution in [0.5, 0.6) is 0 Å². The van der Waals surface area contributed by atoms with Crippen LogP contribution in [0.25, 0.3) is 11.5 Å². The van der Waals surface area contributed by atoms with Crippen LogP contribution in [0.4, 0.5) is 5.82 Å². The summed E-state index contributed by atoms with van der Waals surface area (Å²) in [6, 6.07) is 3.61. The molecule has 0 amide bonds. The average molecular weight is 207 g/mol. The second-order valence-corrected chi connectivity index (χ2v) is 3.33. The maximum Gasteiger partial charge on any atom is 0.157 e. The zero-order valence-electron chi connectivity index (χ0n) is 8.47. The minimum atomic E-state index is 0.0163. The van der Waals surface area contributed by atoms with Gasteiger partial charge in [0, 0.05) is 6.07 Å². The van der Waals surface area contributed by atoms with Crippen molar-refractivity contribution in [3.05, 3.63) is 24.0 Å². The van der Waals surface area contributed by atoms with Crippen molar-refractivity contribution in [2.45, 2.75) is 13.5 Å². The highest BCUT2D eigenvalue weighted by molar-refractivity contribution is 5.59. The fourth-order valence-corrected chi connectivity index (χ4v) is 1.45. The van der Waals surface area contributed by atoms with Crippen molar-refractivity contribution in [3.63, 3.8) is 0 Å². The molecule has 2 aromatic heterocycles. The van der Waals surface area contributed by atoms with Crippen LogP contribution in [0.15, 0.2) is 22.8 Å². The number of hydrogen-bond acceptors (Lipinski definition) is 4. The molecule has 0 aliphatic carbocycles. The Labute approximate surface area is 87.1 Å². The number of rotatable bonds is 3. The summed E-state index contributed by atoms with van der Waals surface area (Å²) in [5, 5.41) is 13.0. The van der Waals surface area contributed by atoms with Crippen LogP contribution in [0.1, 0.15) is 5.56 Å². The molecule has 0 aliphatic rings. The maximum absolute atomic E-state index is 8.80. The zero-order chi connectivity index (χ0) is 10.8. The number of anilines is 1. The summed E-state index contributed by atoms with van der Waals surface area (Å²) in [6.45, 7) is 2.36. The first-order valence-electron chi connectivity index (χ1n) is 4.71. The van der Waals surface area contributed by atoms with Crippen LogP contribution in [0.2, 0.25) is 0 Å². The predicted octanol–water partition coefficient (Wildman–Crippen LogP) is 1.03. The van der Waals surface area contributed by atoms with Crippen LogP contribution in [0, 0.1) is 6.92 Å². The first-order valence-corrected chi connectivity index (χ1v) is 4.71. The van der Waals surface area contributed by atoms with Crippen LogP contribution in [-0.2, 0) is 6.54 Å². The number of aliphatic hydroxyl groups is 1. The minimum absolute atomic E-state index is 0.0163. The van der Waals surface area contributed by atoms with Gasteiger partial charge in [0.15, 0.2) is 5.76 Å². The van der Waals surface area contributed by atoms with Gasteiger partial charge in [0.05, 0.1) is 19.4 Å². The minimum Gasteiger partial charge on any atom is -0.462 e. The molecule has 0 aromatic carbocycles. The molecule has 15 heavy (non-hydrogen) atoms. The highest BCUT2D eigenvalue weighted by Crippen LogP contribution is 2.24. The van der Waals surface area contributed by atoms with Crippen molar-refractivity contribution in [2.24, 2.45) is 0 Å². The summed E-state index contributed by atoms with van der Waals surface area (Å²) >= 11 is 0. The third-order valence-electron chi connectivity index (χ3n) is 2.22. The van der Waals surface area contributed by atoms with E-state index in [1.54, 1.807) is 17.0 Å². The monoisotopic (exact) mass is 207 g/mol. The third-order valence-corrected chi connectivity index (χ3v) is 2.22. The number of hydrogen-bond donors (Lipinski definition) is 2. The third kappa shape index (κ3) is 1.73. The van der Waals surface area contributed by atoms with Gasteiger partial charge in [-0.2, -0.15) is 5.10 Å². The fraction of sp³-hybridized carbons (Fsp3) is 0.300. The Morgan fingerprint density at radius 3 is 3.00 bits per heavy atom. The van der Waals surface area contributed by atoms with Gasteiger partial charge in [0.2, 0.25) is 0 Å². The second-order valence-electron chi connectivity index (χ2n) is 3.33. The van der Waals surface area contributed by atoms with Gasteiger partial charge in [-0.25, -0.2) is 4.68 Å². The standard InChI is InChI=1S/C10H13N3O2/c1-7-2-5-15-10(7)8-6-9(11)13(12-8)3-4-14/h2,5-6,14H,3-4,11H2,1H3. The molecule has 3 N–H and O–H groups in total. The molecular formula is C10H13N3O2. The van der Waals surface area contributed by atoms with Crippen molar-refractivity contribution >= 4 is 5.82 Å². The number of nitrogens with zero attached hydrogens (tertiary/aromatic N) is 2. The topological polar surface area (TPSA) is 77.2 Å². The molecule has 2 rings (SSSR count). The number of aromatic nitrogens is 2.